The SMILES string of the molecule is CC/C=C/C/C=C/CCCCCCCCCC(=O)NC(COP(=O)(O)OCC[N+](C)(C)C)C(/C=C/CCCCCCCCCCCCC)OC(=O)CCCCCCCC/C=C\C/C=C\C/C=C\CCCCC. The van der Waals surface area contributed by atoms with Gasteiger partial charge in [-0.25, -0.2) is 4.57 Å². The lowest BCUT2D eigenvalue weighted by atomic mass is 10.0. The standard InChI is InChI=1S/C62H113N2O7P/c1-7-10-13-16-19-22-25-28-30-31-32-33-34-37-40-43-46-49-52-55-62(66)71-60(53-50-47-44-41-38-35-27-24-21-18-15-12-9-3)59(58-70-72(67,68)69-57-56-64(4,5)6)63-61(65)54-51-48-45-42-39-36-29-26-23-20-17-14-11-8-2/h11,14,19-20,22-23,28,30,32-33,50,53,59-60H,7-10,12-13,15-18,21,24-27,29,31,34-49,51-52,54-58H2,1-6H3,(H-,63,65,67,68)/p+1/b14-11+,22-19-,23-20+,30-28-,33-32-,53-50+. The first-order chi connectivity index (χ1) is 34.9. The van der Waals surface area contributed by atoms with Crippen molar-refractivity contribution in [2.75, 3.05) is 40.9 Å². The number of quaternary nitrogens is 1. The number of ether oxygens (including phenoxy) is 1. The molecule has 0 fully saturated rings. The third kappa shape index (κ3) is 52.3. The van der Waals surface area contributed by atoms with Crippen LogP contribution >= 0.6 is 7.82 Å². The maximum absolute atomic E-state index is 13.5. The summed E-state index contributed by atoms with van der Waals surface area (Å²) in [7, 11) is 1.48. The maximum Gasteiger partial charge on any atom is 0.472 e. The Morgan fingerprint density at radius 1 is 0.500 bits per heavy atom. The number of esters is 1. The average Bonchev–Trinajstić information content (AvgIpc) is 3.34. The fraction of sp³-hybridized carbons (Fsp3) is 0.774. The smallest absolute Gasteiger partial charge is 0.456 e. The Hall–Kier alpha value is -2.55. The second-order valence-electron chi connectivity index (χ2n) is 21.1. The van der Waals surface area contributed by atoms with E-state index in [4.69, 9.17) is 13.8 Å². The van der Waals surface area contributed by atoms with Crippen LogP contribution in [-0.4, -0.2) is 74.3 Å². The van der Waals surface area contributed by atoms with Gasteiger partial charge in [0.15, 0.2) is 0 Å². The van der Waals surface area contributed by atoms with Gasteiger partial charge in [-0.3, -0.25) is 18.6 Å². The summed E-state index contributed by atoms with van der Waals surface area (Å²) in [6.45, 7) is 6.87. The number of allylic oxidation sites excluding steroid dienone is 11. The zero-order chi connectivity index (χ0) is 52.9. The van der Waals surface area contributed by atoms with Crippen molar-refractivity contribution in [3.63, 3.8) is 0 Å². The van der Waals surface area contributed by atoms with E-state index in [9.17, 15) is 19.0 Å². The van der Waals surface area contributed by atoms with Gasteiger partial charge in [0.05, 0.1) is 33.8 Å². The zero-order valence-electron chi connectivity index (χ0n) is 47.7. The molecule has 1 amide bonds. The van der Waals surface area contributed by atoms with E-state index in [0.717, 1.165) is 109 Å². The summed E-state index contributed by atoms with van der Waals surface area (Å²) in [6, 6.07) is -0.860. The Labute approximate surface area is 444 Å². The van der Waals surface area contributed by atoms with Crippen molar-refractivity contribution in [3.05, 3.63) is 72.9 Å². The van der Waals surface area contributed by atoms with Crippen LogP contribution in [0.5, 0.6) is 0 Å². The van der Waals surface area contributed by atoms with Gasteiger partial charge in [0.1, 0.15) is 19.3 Å². The van der Waals surface area contributed by atoms with Crippen LogP contribution in [0.4, 0.5) is 0 Å². The van der Waals surface area contributed by atoms with Gasteiger partial charge in [-0.1, -0.05) is 222 Å². The lowest BCUT2D eigenvalue weighted by molar-refractivity contribution is -0.870. The van der Waals surface area contributed by atoms with Crippen molar-refractivity contribution in [3.8, 4) is 0 Å². The number of hydrogen-bond donors (Lipinski definition) is 2. The van der Waals surface area contributed by atoms with Crippen LogP contribution < -0.4 is 5.32 Å². The monoisotopic (exact) mass is 1030 g/mol. The highest BCUT2D eigenvalue weighted by Gasteiger charge is 2.30. The molecule has 0 saturated carbocycles. The van der Waals surface area contributed by atoms with Gasteiger partial charge in [-0.2, -0.15) is 0 Å². The van der Waals surface area contributed by atoms with Crippen LogP contribution in [0.3, 0.4) is 0 Å². The molecular formula is C62H114N2O7P+. The number of hydrogen-bond acceptors (Lipinski definition) is 6. The van der Waals surface area contributed by atoms with E-state index < -0.39 is 20.0 Å². The molecule has 0 saturated heterocycles. The first-order valence-electron chi connectivity index (χ1n) is 29.8. The number of unbranched alkanes of at least 4 members (excludes halogenated alkanes) is 27. The first kappa shape index (κ1) is 69.5. The second-order valence-corrected chi connectivity index (χ2v) is 22.6. The van der Waals surface area contributed by atoms with E-state index in [1.807, 2.05) is 33.3 Å². The normalized spacial score (nSPS) is 14.3. The van der Waals surface area contributed by atoms with Gasteiger partial charge in [-0.05, 0) is 96.0 Å². The van der Waals surface area contributed by atoms with Gasteiger partial charge < -0.3 is 19.4 Å². The summed E-state index contributed by atoms with van der Waals surface area (Å²) in [5, 5.41) is 3.04. The fourth-order valence-electron chi connectivity index (χ4n) is 8.28. The highest BCUT2D eigenvalue weighted by Crippen LogP contribution is 2.43. The Morgan fingerprint density at radius 2 is 0.889 bits per heavy atom. The molecule has 0 aromatic rings. The minimum absolute atomic E-state index is 0.0339. The minimum Gasteiger partial charge on any atom is -0.456 e. The molecule has 2 N–H and O–H groups in total. The molecule has 0 aromatic heterocycles. The molecule has 3 unspecified atom stereocenters. The van der Waals surface area contributed by atoms with E-state index in [1.54, 1.807) is 0 Å². The largest absolute Gasteiger partial charge is 0.472 e. The molecule has 72 heavy (non-hydrogen) atoms. The summed E-state index contributed by atoms with van der Waals surface area (Å²) in [6.07, 6.45) is 66.0. The molecule has 9 nitrogen and oxygen atoms in total. The average molecular weight is 1030 g/mol. The predicted octanol–water partition coefficient (Wildman–Crippen LogP) is 18.1. The van der Waals surface area contributed by atoms with E-state index in [-0.39, 0.29) is 31.5 Å². The van der Waals surface area contributed by atoms with E-state index in [1.165, 1.54) is 116 Å². The number of phosphoric ester groups is 1. The minimum atomic E-state index is -4.45. The van der Waals surface area contributed by atoms with Crippen LogP contribution in [0.1, 0.15) is 258 Å². The molecule has 0 heterocycles. The highest BCUT2D eigenvalue weighted by molar-refractivity contribution is 7.47. The van der Waals surface area contributed by atoms with Crippen molar-refractivity contribution >= 4 is 19.7 Å². The van der Waals surface area contributed by atoms with Crippen LogP contribution in [0.2, 0.25) is 0 Å². The summed E-state index contributed by atoms with van der Waals surface area (Å²) in [5.41, 5.74) is 0. The molecule has 0 spiro atoms. The number of carbonyl (C=O) groups excluding carboxylic acids is 2. The molecule has 0 aromatic carbocycles. The molecule has 0 aliphatic heterocycles. The van der Waals surface area contributed by atoms with Crippen molar-refractivity contribution in [2.45, 2.75) is 270 Å². The quantitative estimate of drug-likeness (QED) is 0.0205. The third-order valence-corrected chi connectivity index (χ3v) is 13.9. The third-order valence-electron chi connectivity index (χ3n) is 12.9. The van der Waals surface area contributed by atoms with Crippen LogP contribution in [0.15, 0.2) is 72.9 Å². The van der Waals surface area contributed by atoms with Gasteiger partial charge in [0.25, 0.3) is 0 Å². The number of phosphoric acid groups is 1. The summed E-state index contributed by atoms with van der Waals surface area (Å²) < 4.78 is 30.6. The fourth-order valence-corrected chi connectivity index (χ4v) is 9.01. The number of carbonyl (C=O) groups is 2. The molecule has 0 bridgehead atoms. The molecule has 0 rings (SSSR count). The van der Waals surface area contributed by atoms with Crippen molar-refractivity contribution in [1.29, 1.82) is 0 Å². The van der Waals surface area contributed by atoms with Crippen LogP contribution in [-0.2, 0) is 27.9 Å². The Balaban J connectivity index is 5.35. The van der Waals surface area contributed by atoms with Gasteiger partial charge in [0, 0.05) is 12.8 Å². The number of nitrogens with one attached hydrogen (secondary N) is 1. The van der Waals surface area contributed by atoms with Crippen molar-refractivity contribution < 1.29 is 37.3 Å². The lowest BCUT2D eigenvalue weighted by Crippen LogP contribution is -2.47. The number of rotatable bonds is 53. The van der Waals surface area contributed by atoms with Crippen LogP contribution in [0, 0.1) is 0 Å². The van der Waals surface area contributed by atoms with E-state index in [0.29, 0.717) is 17.4 Å². The molecule has 0 radical (unpaired) electrons. The Kier molecular flexibility index (Phi) is 50.1. The molecule has 0 aliphatic carbocycles. The topological polar surface area (TPSA) is 111 Å². The van der Waals surface area contributed by atoms with Gasteiger partial charge in [0.2, 0.25) is 5.91 Å². The summed E-state index contributed by atoms with van der Waals surface area (Å²) >= 11 is 0. The highest BCUT2D eigenvalue weighted by atomic mass is 31.2. The summed E-state index contributed by atoms with van der Waals surface area (Å²) in [5.74, 6) is -0.529. The van der Waals surface area contributed by atoms with Gasteiger partial charge >= 0.3 is 13.8 Å². The molecular weight excluding hydrogens is 916 g/mol. The second kappa shape index (κ2) is 51.9. The van der Waals surface area contributed by atoms with Crippen molar-refractivity contribution in [1.82, 2.24) is 5.32 Å². The molecule has 3 atom stereocenters. The molecule has 10 heteroatoms. The number of likely N-dealkylation sites (N-methyl/N-ethyl adjacent to an activating group) is 1. The zero-order valence-corrected chi connectivity index (χ0v) is 48.6. The number of nitrogens with zero attached hydrogens (tertiary/aromatic N) is 1. The molecule has 0 aliphatic rings. The maximum atomic E-state index is 13.5. The predicted molar refractivity (Wildman–Crippen MR) is 309 cm³/mol. The Bertz CT molecular complexity index is 1460. The summed E-state index contributed by atoms with van der Waals surface area (Å²) in [4.78, 5) is 37.6. The Morgan fingerprint density at radius 3 is 1.36 bits per heavy atom. The number of amides is 1. The molecule has 418 valence electrons. The van der Waals surface area contributed by atoms with E-state index in [2.05, 4.69) is 86.8 Å². The van der Waals surface area contributed by atoms with Crippen LogP contribution in [0.25, 0.3) is 0 Å². The first-order valence-corrected chi connectivity index (χ1v) is 31.3. The van der Waals surface area contributed by atoms with E-state index >= 15 is 0 Å². The van der Waals surface area contributed by atoms with Gasteiger partial charge in [-0.15, -0.1) is 0 Å². The lowest BCUT2D eigenvalue weighted by Gasteiger charge is -2.27. The van der Waals surface area contributed by atoms with Crippen molar-refractivity contribution in [2.24, 2.45) is 0 Å².